The van der Waals surface area contributed by atoms with E-state index in [0.717, 1.165) is 23.3 Å². The lowest BCUT2D eigenvalue weighted by Gasteiger charge is -2.15. The average molecular weight is 368 g/mol. The molecule has 1 aliphatic heterocycles. The van der Waals surface area contributed by atoms with Crippen molar-refractivity contribution in [3.05, 3.63) is 68.9 Å². The summed E-state index contributed by atoms with van der Waals surface area (Å²) in [5, 5.41) is 25.4. The Kier molecular flexibility index (Phi) is 4.43. The quantitative estimate of drug-likeness (QED) is 0.387. The minimum atomic E-state index is -0.750. The van der Waals surface area contributed by atoms with Crippen LogP contribution in [0, 0.1) is 24.0 Å². The monoisotopic (exact) mass is 368 g/mol. The molecule has 8 heteroatoms. The summed E-state index contributed by atoms with van der Waals surface area (Å²) in [7, 11) is 0. The number of benzene rings is 2. The molecular weight excluding hydrogens is 354 g/mol. The van der Waals surface area contributed by atoms with Gasteiger partial charge in [0, 0.05) is 6.07 Å². The van der Waals surface area contributed by atoms with Crippen molar-refractivity contribution >= 4 is 40.7 Å². The van der Waals surface area contributed by atoms with Gasteiger partial charge >= 0.3 is 0 Å². The van der Waals surface area contributed by atoms with E-state index in [1.54, 1.807) is 6.07 Å². The van der Waals surface area contributed by atoms with Gasteiger partial charge in [0.1, 0.15) is 5.70 Å². The fraction of sp³-hybridized carbons (Fsp3) is 0.111. The van der Waals surface area contributed by atoms with E-state index >= 15 is 0 Å². The molecule has 1 aliphatic rings. The molecule has 0 unspecified atom stereocenters. The van der Waals surface area contributed by atoms with Gasteiger partial charge in [0.15, 0.2) is 5.11 Å². The number of hydrogen-bond acceptors (Lipinski definition) is 5. The number of thiocarbonyl (C=S) groups is 1. The van der Waals surface area contributed by atoms with E-state index in [1.165, 1.54) is 17.0 Å². The number of nitro groups is 1. The number of carbonyl (C=O) groups excluding carboxylic acids is 1. The van der Waals surface area contributed by atoms with E-state index < -0.39 is 16.4 Å². The highest BCUT2D eigenvalue weighted by Crippen LogP contribution is 2.27. The maximum atomic E-state index is 12.7. The first kappa shape index (κ1) is 17.6. The zero-order valence-corrected chi connectivity index (χ0v) is 14.8. The van der Waals surface area contributed by atoms with Gasteiger partial charge in [-0.05, 0) is 66.7 Å². The van der Waals surface area contributed by atoms with Crippen LogP contribution in [0.5, 0.6) is 5.75 Å². The van der Waals surface area contributed by atoms with Crippen molar-refractivity contribution < 1.29 is 14.8 Å². The molecule has 2 aromatic rings. The van der Waals surface area contributed by atoms with Crippen molar-refractivity contribution in [3.63, 3.8) is 0 Å². The lowest BCUT2D eigenvalue weighted by Crippen LogP contribution is -2.30. The average Bonchev–Trinajstić information content (AvgIpc) is 2.85. The van der Waals surface area contributed by atoms with Gasteiger partial charge in [0.2, 0.25) is 0 Å². The van der Waals surface area contributed by atoms with Gasteiger partial charge in [0.05, 0.1) is 10.6 Å². The van der Waals surface area contributed by atoms with Crippen LogP contribution in [-0.4, -0.2) is 15.9 Å². The van der Waals surface area contributed by atoms with Gasteiger partial charge < -0.3 is 10.4 Å². The molecule has 26 heavy (non-hydrogen) atoms. The summed E-state index contributed by atoms with van der Waals surface area (Å²) in [5.41, 5.74) is 2.76. The highest BCUT2D eigenvalue weighted by atomic mass is 32.1. The van der Waals surface area contributed by atoms with Gasteiger partial charge in [0.25, 0.3) is 11.6 Å². The molecule has 0 radical (unpaired) electrons. The molecule has 1 fully saturated rings. The van der Waals surface area contributed by atoms with Crippen molar-refractivity contribution in [1.29, 1.82) is 0 Å². The maximum absolute atomic E-state index is 12.7. The van der Waals surface area contributed by atoms with E-state index in [2.05, 4.69) is 5.32 Å². The van der Waals surface area contributed by atoms with Crippen LogP contribution >= 0.6 is 12.2 Å². The van der Waals surface area contributed by atoms with E-state index in [9.17, 15) is 20.0 Å². The minimum Gasteiger partial charge on any atom is -0.868 e. The summed E-state index contributed by atoms with van der Waals surface area (Å²) >= 11 is 5.25. The zero-order chi connectivity index (χ0) is 19.0. The molecule has 132 valence electrons. The largest absolute Gasteiger partial charge is 0.868 e. The number of nitrogens with one attached hydrogen (secondary N) is 1. The van der Waals surface area contributed by atoms with Crippen molar-refractivity contribution in [2.75, 3.05) is 4.90 Å². The molecule has 7 nitrogen and oxygen atoms in total. The lowest BCUT2D eigenvalue weighted by molar-refractivity contribution is -0.398. The third-order valence-electron chi connectivity index (χ3n) is 4.12. The summed E-state index contributed by atoms with van der Waals surface area (Å²) in [6, 6.07) is 9.21. The summed E-state index contributed by atoms with van der Waals surface area (Å²) < 4.78 is 0. The van der Waals surface area contributed by atoms with E-state index in [0.29, 0.717) is 11.3 Å². The van der Waals surface area contributed by atoms with Crippen LogP contribution in [0.15, 0.2) is 42.1 Å². The Balaban J connectivity index is 1.96. The Morgan fingerprint density at radius 2 is 1.88 bits per heavy atom. The molecule has 1 heterocycles. The SMILES string of the molecule is Cc1ccc(N2C(=O)/C(=C\c3ccc([O-])c([N+](=O)[O-])c3)NC2=S)cc1C. The molecule has 0 spiro atoms. The molecular formula is C18H14N3O4S-. The predicted octanol–water partition coefficient (Wildman–Crippen LogP) is 2.55. The summed E-state index contributed by atoms with van der Waals surface area (Å²) in [6.07, 6.45) is 1.43. The number of nitrogens with zero attached hydrogens (tertiary/aromatic N) is 2. The van der Waals surface area contributed by atoms with Crippen LogP contribution in [0.3, 0.4) is 0 Å². The molecule has 0 aliphatic carbocycles. The summed E-state index contributed by atoms with van der Waals surface area (Å²) in [6.45, 7) is 3.91. The third-order valence-corrected chi connectivity index (χ3v) is 4.40. The molecule has 0 bridgehead atoms. The summed E-state index contributed by atoms with van der Waals surface area (Å²) in [4.78, 5) is 24.2. The van der Waals surface area contributed by atoms with Gasteiger partial charge in [-0.1, -0.05) is 18.2 Å². The number of anilines is 1. The van der Waals surface area contributed by atoms with Crippen molar-refractivity contribution in [1.82, 2.24) is 5.32 Å². The number of aryl methyl sites for hydroxylation is 2. The van der Waals surface area contributed by atoms with Crippen molar-refractivity contribution in [2.45, 2.75) is 13.8 Å². The molecule has 2 aromatic carbocycles. The first-order valence-electron chi connectivity index (χ1n) is 7.68. The number of amides is 1. The van der Waals surface area contributed by atoms with Gasteiger partial charge in [-0.2, -0.15) is 0 Å². The van der Waals surface area contributed by atoms with Gasteiger partial charge in [-0.25, -0.2) is 0 Å². The number of nitro benzene ring substituents is 1. The Hall–Kier alpha value is -3.26. The van der Waals surface area contributed by atoms with Crippen LogP contribution < -0.4 is 15.3 Å². The Morgan fingerprint density at radius 3 is 2.54 bits per heavy atom. The highest BCUT2D eigenvalue weighted by molar-refractivity contribution is 7.80. The fourth-order valence-electron chi connectivity index (χ4n) is 2.57. The molecule has 0 atom stereocenters. The molecule has 0 saturated carbocycles. The Morgan fingerprint density at radius 1 is 1.15 bits per heavy atom. The van der Waals surface area contributed by atoms with Crippen molar-refractivity contribution in [2.24, 2.45) is 0 Å². The van der Waals surface area contributed by atoms with E-state index in [-0.39, 0.29) is 16.7 Å². The standard InChI is InChI=1S/C18H15N3O4S/c1-10-3-5-13(7-11(10)2)20-17(23)14(19-18(20)26)8-12-4-6-16(22)15(9-12)21(24)25/h3-9,22H,1-2H3,(H,19,26)/p-1/b14-8+. The molecule has 1 amide bonds. The first-order valence-corrected chi connectivity index (χ1v) is 8.08. The van der Waals surface area contributed by atoms with E-state index in [1.807, 2.05) is 26.0 Å². The smallest absolute Gasteiger partial charge is 0.281 e. The Bertz CT molecular complexity index is 984. The predicted molar refractivity (Wildman–Crippen MR) is 99.7 cm³/mol. The summed E-state index contributed by atoms with van der Waals surface area (Å²) in [5.74, 6) is -1.05. The number of hydrogen-bond donors (Lipinski definition) is 1. The minimum absolute atomic E-state index is 0.182. The second-order valence-corrected chi connectivity index (χ2v) is 6.27. The second-order valence-electron chi connectivity index (χ2n) is 5.88. The van der Waals surface area contributed by atoms with E-state index in [4.69, 9.17) is 12.2 Å². The normalized spacial score (nSPS) is 15.5. The highest BCUT2D eigenvalue weighted by Gasteiger charge is 2.32. The van der Waals surface area contributed by atoms with Crippen LogP contribution in [0.1, 0.15) is 16.7 Å². The maximum Gasteiger partial charge on any atom is 0.281 e. The topological polar surface area (TPSA) is 98.5 Å². The second kappa shape index (κ2) is 6.57. The van der Waals surface area contributed by atoms with Crippen LogP contribution in [0.2, 0.25) is 0 Å². The molecule has 0 aromatic heterocycles. The molecule has 3 rings (SSSR count). The number of carbonyl (C=O) groups is 1. The Labute approximate surface area is 154 Å². The molecule has 1 saturated heterocycles. The van der Waals surface area contributed by atoms with Crippen molar-refractivity contribution in [3.8, 4) is 5.75 Å². The zero-order valence-electron chi connectivity index (χ0n) is 14.0. The van der Waals surface area contributed by atoms with Crippen LogP contribution in [0.25, 0.3) is 6.08 Å². The third kappa shape index (κ3) is 3.14. The number of rotatable bonds is 3. The fourth-order valence-corrected chi connectivity index (χ4v) is 2.87. The van der Waals surface area contributed by atoms with Gasteiger partial charge in [-0.15, -0.1) is 0 Å². The van der Waals surface area contributed by atoms with Gasteiger partial charge in [-0.3, -0.25) is 19.8 Å². The van der Waals surface area contributed by atoms with Crippen LogP contribution in [-0.2, 0) is 4.79 Å². The van der Waals surface area contributed by atoms with Crippen LogP contribution in [0.4, 0.5) is 11.4 Å². The first-order chi connectivity index (χ1) is 12.3. The molecule has 1 N–H and O–H groups in total. The lowest BCUT2D eigenvalue weighted by atomic mass is 10.1.